The maximum Gasteiger partial charge on any atom is 0.265 e. The molecule has 1 atom stereocenters. The second kappa shape index (κ2) is 5.92. The second-order valence-corrected chi connectivity index (χ2v) is 5.83. The van der Waals surface area contributed by atoms with E-state index in [-0.39, 0.29) is 9.92 Å². The molecule has 0 aliphatic heterocycles. The quantitative estimate of drug-likeness (QED) is 0.867. The Morgan fingerprint density at radius 3 is 2.56 bits per heavy atom. The Morgan fingerprint density at radius 2 is 2.06 bits per heavy atom. The first-order valence-corrected chi connectivity index (χ1v) is 6.82. The molecule has 4 nitrogen and oxygen atoms in total. The van der Waals surface area contributed by atoms with Crippen LogP contribution in [0.25, 0.3) is 0 Å². The standard InChI is InChI=1S/C10H12ClF2NO3S/c1-6-2-3-9(7(11)4-6)18(16,17)14-5-8(15)10(12)13/h2-4,8,10,14-15H,5H2,1H3. The number of aryl methyl sites for hydroxylation is 1. The Bertz CT molecular complexity index is 522. The molecule has 0 saturated carbocycles. The van der Waals surface area contributed by atoms with Crippen LogP contribution in [0, 0.1) is 6.92 Å². The Labute approximate surface area is 109 Å². The number of benzene rings is 1. The van der Waals surface area contributed by atoms with Gasteiger partial charge in [-0.05, 0) is 24.6 Å². The van der Waals surface area contributed by atoms with E-state index in [0.29, 0.717) is 0 Å². The molecule has 0 saturated heterocycles. The summed E-state index contributed by atoms with van der Waals surface area (Å²) < 4.78 is 49.4. The third-order valence-electron chi connectivity index (χ3n) is 2.15. The summed E-state index contributed by atoms with van der Waals surface area (Å²) in [6.07, 6.45) is -5.06. The number of alkyl halides is 2. The van der Waals surface area contributed by atoms with Crippen LogP contribution in [-0.2, 0) is 10.0 Å². The number of aliphatic hydroxyl groups is 1. The summed E-state index contributed by atoms with van der Waals surface area (Å²) in [5.41, 5.74) is 0.770. The molecule has 18 heavy (non-hydrogen) atoms. The van der Waals surface area contributed by atoms with Crippen LogP contribution in [0.5, 0.6) is 0 Å². The molecule has 1 rings (SSSR count). The molecule has 1 aromatic rings. The van der Waals surface area contributed by atoms with Gasteiger partial charge >= 0.3 is 0 Å². The van der Waals surface area contributed by atoms with Crippen molar-refractivity contribution in [2.24, 2.45) is 0 Å². The SMILES string of the molecule is Cc1ccc(S(=O)(=O)NCC(O)C(F)F)c(Cl)c1. The molecule has 1 unspecified atom stereocenters. The molecule has 8 heteroatoms. The lowest BCUT2D eigenvalue weighted by molar-refractivity contribution is -0.000451. The van der Waals surface area contributed by atoms with Crippen molar-refractivity contribution in [1.29, 1.82) is 0 Å². The van der Waals surface area contributed by atoms with E-state index in [9.17, 15) is 17.2 Å². The first kappa shape index (κ1) is 15.3. The monoisotopic (exact) mass is 299 g/mol. The lowest BCUT2D eigenvalue weighted by atomic mass is 10.2. The number of nitrogens with one attached hydrogen (secondary N) is 1. The van der Waals surface area contributed by atoms with Crippen molar-refractivity contribution in [3.05, 3.63) is 28.8 Å². The molecule has 0 spiro atoms. The zero-order valence-corrected chi connectivity index (χ0v) is 11.0. The number of aliphatic hydroxyl groups excluding tert-OH is 1. The molecule has 2 N–H and O–H groups in total. The number of halogens is 3. The third-order valence-corrected chi connectivity index (χ3v) is 4.06. The molecule has 1 aromatic carbocycles. The van der Waals surface area contributed by atoms with Crippen LogP contribution in [0.1, 0.15) is 5.56 Å². The molecule has 0 bridgehead atoms. The zero-order chi connectivity index (χ0) is 13.9. The number of rotatable bonds is 5. The Kier molecular flexibility index (Phi) is 5.03. The van der Waals surface area contributed by atoms with E-state index in [0.717, 1.165) is 5.56 Å². The summed E-state index contributed by atoms with van der Waals surface area (Å²) in [5.74, 6) is 0. The normalized spacial score (nSPS) is 13.9. The summed E-state index contributed by atoms with van der Waals surface area (Å²) >= 11 is 5.76. The molecule has 0 aliphatic carbocycles. The van der Waals surface area contributed by atoms with Gasteiger partial charge in [0.15, 0.2) is 0 Å². The Balaban J connectivity index is 2.87. The van der Waals surface area contributed by atoms with E-state index in [4.69, 9.17) is 16.7 Å². The molecular formula is C10H12ClF2NO3S. The van der Waals surface area contributed by atoms with Gasteiger partial charge in [0, 0.05) is 6.54 Å². The maximum absolute atomic E-state index is 12.0. The minimum absolute atomic E-state index is 0.00552. The first-order valence-electron chi connectivity index (χ1n) is 4.96. The van der Waals surface area contributed by atoms with Crippen LogP contribution >= 0.6 is 11.6 Å². The van der Waals surface area contributed by atoms with Crippen LogP contribution in [0.4, 0.5) is 8.78 Å². The molecule has 0 heterocycles. The van der Waals surface area contributed by atoms with Gasteiger partial charge in [0.05, 0.1) is 5.02 Å². The van der Waals surface area contributed by atoms with Gasteiger partial charge in [-0.1, -0.05) is 17.7 Å². The molecule has 102 valence electrons. The Morgan fingerprint density at radius 1 is 1.44 bits per heavy atom. The smallest absolute Gasteiger partial charge is 0.265 e. The largest absolute Gasteiger partial charge is 0.386 e. The van der Waals surface area contributed by atoms with Crippen molar-refractivity contribution in [2.75, 3.05) is 6.54 Å². The highest BCUT2D eigenvalue weighted by Gasteiger charge is 2.22. The van der Waals surface area contributed by atoms with E-state index in [2.05, 4.69) is 0 Å². The van der Waals surface area contributed by atoms with Crippen molar-refractivity contribution in [3.8, 4) is 0 Å². The van der Waals surface area contributed by atoms with E-state index in [1.807, 2.05) is 4.72 Å². The van der Waals surface area contributed by atoms with Crippen molar-refractivity contribution in [2.45, 2.75) is 24.3 Å². The van der Waals surface area contributed by atoms with E-state index < -0.39 is 29.1 Å². The van der Waals surface area contributed by atoms with Gasteiger partial charge < -0.3 is 5.11 Å². The molecule has 0 aromatic heterocycles. The maximum atomic E-state index is 12.0. The van der Waals surface area contributed by atoms with Crippen LogP contribution in [0.15, 0.2) is 23.1 Å². The lowest BCUT2D eigenvalue weighted by Gasteiger charge is -2.12. The summed E-state index contributed by atoms with van der Waals surface area (Å²) in [4.78, 5) is -0.212. The van der Waals surface area contributed by atoms with E-state index in [1.165, 1.54) is 18.2 Å². The van der Waals surface area contributed by atoms with Crippen molar-refractivity contribution < 1.29 is 22.3 Å². The second-order valence-electron chi connectivity index (χ2n) is 3.69. The molecular weight excluding hydrogens is 288 g/mol. The topological polar surface area (TPSA) is 66.4 Å². The van der Waals surface area contributed by atoms with Crippen molar-refractivity contribution in [3.63, 3.8) is 0 Å². The van der Waals surface area contributed by atoms with Crippen LogP contribution in [0.3, 0.4) is 0 Å². The molecule has 0 radical (unpaired) electrons. The Hall–Kier alpha value is -0.760. The van der Waals surface area contributed by atoms with Gasteiger partial charge in [0.25, 0.3) is 6.43 Å². The first-order chi connectivity index (χ1) is 8.24. The average molecular weight is 300 g/mol. The molecule has 0 amide bonds. The van der Waals surface area contributed by atoms with E-state index in [1.54, 1.807) is 6.92 Å². The fourth-order valence-corrected chi connectivity index (χ4v) is 2.83. The summed E-state index contributed by atoms with van der Waals surface area (Å²) in [6, 6.07) is 4.25. The number of hydrogen-bond donors (Lipinski definition) is 2. The summed E-state index contributed by atoms with van der Waals surface area (Å²) in [6.45, 7) is 0.959. The number of sulfonamides is 1. The van der Waals surface area contributed by atoms with Crippen LogP contribution < -0.4 is 4.72 Å². The van der Waals surface area contributed by atoms with Gasteiger partial charge in [0.2, 0.25) is 10.0 Å². The lowest BCUT2D eigenvalue weighted by Crippen LogP contribution is -2.35. The minimum Gasteiger partial charge on any atom is -0.386 e. The summed E-state index contributed by atoms with van der Waals surface area (Å²) in [7, 11) is -4.01. The van der Waals surface area contributed by atoms with Crippen LogP contribution in [0.2, 0.25) is 5.02 Å². The molecule has 0 aliphatic rings. The number of hydrogen-bond acceptors (Lipinski definition) is 3. The highest BCUT2D eigenvalue weighted by Crippen LogP contribution is 2.22. The van der Waals surface area contributed by atoms with Gasteiger partial charge in [-0.2, -0.15) is 0 Å². The van der Waals surface area contributed by atoms with Gasteiger partial charge in [-0.15, -0.1) is 0 Å². The van der Waals surface area contributed by atoms with Crippen molar-refractivity contribution >= 4 is 21.6 Å². The fraction of sp³-hybridized carbons (Fsp3) is 0.400. The highest BCUT2D eigenvalue weighted by molar-refractivity contribution is 7.89. The molecule has 0 fully saturated rings. The predicted octanol–water partition coefficient (Wildman–Crippen LogP) is 1.55. The predicted molar refractivity (Wildman–Crippen MR) is 63.4 cm³/mol. The fourth-order valence-electron chi connectivity index (χ4n) is 1.19. The van der Waals surface area contributed by atoms with Crippen molar-refractivity contribution in [1.82, 2.24) is 4.72 Å². The van der Waals surface area contributed by atoms with E-state index >= 15 is 0 Å². The highest BCUT2D eigenvalue weighted by atomic mass is 35.5. The van der Waals surface area contributed by atoms with Gasteiger partial charge in [0.1, 0.15) is 11.0 Å². The van der Waals surface area contributed by atoms with Crippen LogP contribution in [-0.4, -0.2) is 32.6 Å². The summed E-state index contributed by atoms with van der Waals surface area (Å²) in [5, 5.41) is 8.83. The third kappa shape index (κ3) is 3.88. The average Bonchev–Trinajstić information content (AvgIpc) is 2.25. The minimum atomic E-state index is -4.01. The van der Waals surface area contributed by atoms with Gasteiger partial charge in [-0.3, -0.25) is 0 Å². The zero-order valence-electron chi connectivity index (χ0n) is 9.40. The van der Waals surface area contributed by atoms with Gasteiger partial charge in [-0.25, -0.2) is 21.9 Å².